The van der Waals surface area contributed by atoms with E-state index in [4.69, 9.17) is 0 Å². The van der Waals surface area contributed by atoms with Gasteiger partial charge in [0.15, 0.2) is 5.78 Å². The second-order valence-corrected chi connectivity index (χ2v) is 6.64. The molecule has 0 radical (unpaired) electrons. The van der Waals surface area contributed by atoms with Gasteiger partial charge in [-0.3, -0.25) is 9.69 Å². The maximum Gasteiger partial charge on any atom is 0.193 e. The van der Waals surface area contributed by atoms with Gasteiger partial charge in [0.25, 0.3) is 0 Å². The normalized spacial score (nSPS) is 15.6. The number of carbonyl (C=O) groups is 1. The Kier molecular flexibility index (Phi) is 4.92. The van der Waals surface area contributed by atoms with Crippen LogP contribution in [0, 0.1) is 13.8 Å². The molecule has 0 amide bonds. The van der Waals surface area contributed by atoms with Crippen molar-refractivity contribution in [3.8, 4) is 0 Å². The predicted octanol–water partition coefficient (Wildman–Crippen LogP) is 4.52. The second kappa shape index (κ2) is 7.10. The second-order valence-electron chi connectivity index (χ2n) is 6.64. The standard InChI is InChI=1S/C21H25NO/c1-16-10-11-19(17(2)14-16)21(23)20-9-5-4-8-18(20)15-22-12-6-3-7-13-22/h4-5,8-11,14H,3,6-7,12-13,15H2,1-2H3. The van der Waals surface area contributed by atoms with Gasteiger partial charge in [0.2, 0.25) is 0 Å². The van der Waals surface area contributed by atoms with Gasteiger partial charge < -0.3 is 0 Å². The molecule has 0 bridgehead atoms. The number of piperidine rings is 1. The van der Waals surface area contributed by atoms with Crippen LogP contribution in [-0.2, 0) is 6.54 Å². The number of benzene rings is 2. The van der Waals surface area contributed by atoms with Crippen LogP contribution in [0.1, 0.15) is 51.9 Å². The first-order valence-corrected chi connectivity index (χ1v) is 8.57. The van der Waals surface area contributed by atoms with Gasteiger partial charge in [-0.25, -0.2) is 0 Å². The quantitative estimate of drug-likeness (QED) is 0.774. The summed E-state index contributed by atoms with van der Waals surface area (Å²) in [5.41, 5.74) is 5.08. The predicted molar refractivity (Wildman–Crippen MR) is 94.9 cm³/mol. The van der Waals surface area contributed by atoms with E-state index in [-0.39, 0.29) is 5.78 Å². The lowest BCUT2D eigenvalue weighted by molar-refractivity contribution is 0.103. The smallest absolute Gasteiger partial charge is 0.193 e. The Morgan fingerprint density at radius 3 is 2.43 bits per heavy atom. The van der Waals surface area contributed by atoms with E-state index in [1.807, 2.05) is 37.3 Å². The molecule has 0 N–H and O–H groups in total. The third kappa shape index (κ3) is 3.70. The number of carbonyl (C=O) groups excluding carboxylic acids is 1. The van der Waals surface area contributed by atoms with Crippen LogP contribution in [0.4, 0.5) is 0 Å². The molecule has 120 valence electrons. The Labute approximate surface area is 139 Å². The van der Waals surface area contributed by atoms with Crippen LogP contribution in [0.2, 0.25) is 0 Å². The average molecular weight is 307 g/mol. The Morgan fingerprint density at radius 2 is 1.70 bits per heavy atom. The van der Waals surface area contributed by atoms with E-state index in [0.29, 0.717) is 0 Å². The van der Waals surface area contributed by atoms with Crippen molar-refractivity contribution in [1.29, 1.82) is 0 Å². The largest absolute Gasteiger partial charge is 0.299 e. The van der Waals surface area contributed by atoms with E-state index in [0.717, 1.165) is 41.9 Å². The highest BCUT2D eigenvalue weighted by molar-refractivity contribution is 6.10. The number of hydrogen-bond acceptors (Lipinski definition) is 2. The maximum atomic E-state index is 13.0. The molecule has 0 unspecified atom stereocenters. The highest BCUT2D eigenvalue weighted by Gasteiger charge is 2.18. The highest BCUT2D eigenvalue weighted by Crippen LogP contribution is 2.21. The lowest BCUT2D eigenvalue weighted by atomic mass is 9.94. The van der Waals surface area contributed by atoms with Crippen LogP contribution in [0.5, 0.6) is 0 Å². The van der Waals surface area contributed by atoms with Crippen molar-refractivity contribution in [3.05, 3.63) is 70.3 Å². The number of rotatable bonds is 4. The van der Waals surface area contributed by atoms with Gasteiger partial charge in [-0.2, -0.15) is 0 Å². The van der Waals surface area contributed by atoms with Crippen LogP contribution in [0.25, 0.3) is 0 Å². The van der Waals surface area contributed by atoms with Gasteiger partial charge in [0.1, 0.15) is 0 Å². The molecule has 1 heterocycles. The zero-order valence-corrected chi connectivity index (χ0v) is 14.1. The van der Waals surface area contributed by atoms with E-state index in [1.54, 1.807) is 0 Å². The van der Waals surface area contributed by atoms with Crippen LogP contribution in [0.3, 0.4) is 0 Å². The molecule has 1 saturated heterocycles. The molecule has 0 saturated carbocycles. The van der Waals surface area contributed by atoms with Crippen molar-refractivity contribution in [1.82, 2.24) is 4.90 Å². The maximum absolute atomic E-state index is 13.0. The van der Waals surface area contributed by atoms with E-state index in [9.17, 15) is 4.79 Å². The summed E-state index contributed by atoms with van der Waals surface area (Å²) in [5, 5.41) is 0. The molecular weight excluding hydrogens is 282 g/mol. The van der Waals surface area contributed by atoms with Crippen molar-refractivity contribution in [2.75, 3.05) is 13.1 Å². The topological polar surface area (TPSA) is 20.3 Å². The number of hydrogen-bond donors (Lipinski definition) is 0. The molecule has 2 aromatic rings. The van der Waals surface area contributed by atoms with Gasteiger partial charge in [-0.1, -0.05) is 54.4 Å². The van der Waals surface area contributed by atoms with Gasteiger partial charge in [-0.05, 0) is 50.9 Å². The summed E-state index contributed by atoms with van der Waals surface area (Å²) in [4.78, 5) is 15.5. The van der Waals surface area contributed by atoms with E-state index in [1.165, 1.54) is 24.8 Å². The molecule has 0 atom stereocenters. The molecule has 1 fully saturated rings. The molecule has 2 nitrogen and oxygen atoms in total. The molecule has 0 aromatic heterocycles. The summed E-state index contributed by atoms with van der Waals surface area (Å²) in [6.07, 6.45) is 3.88. The van der Waals surface area contributed by atoms with Crippen LogP contribution < -0.4 is 0 Å². The first-order valence-electron chi connectivity index (χ1n) is 8.57. The molecule has 2 heteroatoms. The van der Waals surface area contributed by atoms with Gasteiger partial charge >= 0.3 is 0 Å². The van der Waals surface area contributed by atoms with E-state index in [2.05, 4.69) is 24.0 Å². The number of ketones is 1. The third-order valence-electron chi connectivity index (χ3n) is 4.73. The van der Waals surface area contributed by atoms with E-state index < -0.39 is 0 Å². The van der Waals surface area contributed by atoms with Gasteiger partial charge in [-0.15, -0.1) is 0 Å². The molecule has 3 rings (SSSR count). The summed E-state index contributed by atoms with van der Waals surface area (Å²) in [5.74, 6) is 0.148. The SMILES string of the molecule is Cc1ccc(C(=O)c2ccccc2CN2CCCCC2)c(C)c1. The molecular formula is C21H25NO. The Hall–Kier alpha value is -1.93. The molecule has 1 aliphatic heterocycles. The van der Waals surface area contributed by atoms with Crippen molar-refractivity contribution in [2.24, 2.45) is 0 Å². The van der Waals surface area contributed by atoms with Crippen molar-refractivity contribution in [3.63, 3.8) is 0 Å². The summed E-state index contributed by atoms with van der Waals surface area (Å²) < 4.78 is 0. The minimum absolute atomic E-state index is 0.148. The zero-order valence-electron chi connectivity index (χ0n) is 14.1. The Balaban J connectivity index is 1.88. The minimum Gasteiger partial charge on any atom is -0.299 e. The summed E-state index contributed by atoms with van der Waals surface area (Å²) in [6.45, 7) is 7.25. The first-order chi connectivity index (χ1) is 11.1. The van der Waals surface area contributed by atoms with E-state index >= 15 is 0 Å². The van der Waals surface area contributed by atoms with Crippen LogP contribution in [0.15, 0.2) is 42.5 Å². The first kappa shape index (κ1) is 15.9. The zero-order chi connectivity index (χ0) is 16.2. The van der Waals surface area contributed by atoms with Crippen molar-refractivity contribution in [2.45, 2.75) is 39.7 Å². The summed E-state index contributed by atoms with van der Waals surface area (Å²) in [7, 11) is 0. The fourth-order valence-electron chi connectivity index (χ4n) is 3.45. The lowest BCUT2D eigenvalue weighted by Gasteiger charge is -2.27. The van der Waals surface area contributed by atoms with Crippen LogP contribution in [-0.4, -0.2) is 23.8 Å². The molecule has 1 aliphatic rings. The van der Waals surface area contributed by atoms with Gasteiger partial charge in [0.05, 0.1) is 0 Å². The lowest BCUT2D eigenvalue weighted by Crippen LogP contribution is -2.29. The van der Waals surface area contributed by atoms with Crippen molar-refractivity contribution < 1.29 is 4.79 Å². The third-order valence-corrected chi connectivity index (χ3v) is 4.73. The fraction of sp³-hybridized carbons (Fsp3) is 0.381. The molecule has 0 spiro atoms. The molecule has 23 heavy (non-hydrogen) atoms. The Morgan fingerprint density at radius 1 is 0.957 bits per heavy atom. The number of nitrogens with zero attached hydrogens (tertiary/aromatic N) is 1. The summed E-state index contributed by atoms with van der Waals surface area (Å²) in [6, 6.07) is 14.2. The fourth-order valence-corrected chi connectivity index (χ4v) is 3.45. The highest BCUT2D eigenvalue weighted by atomic mass is 16.1. The summed E-state index contributed by atoms with van der Waals surface area (Å²) >= 11 is 0. The van der Waals surface area contributed by atoms with Gasteiger partial charge in [0, 0.05) is 17.7 Å². The minimum atomic E-state index is 0.148. The average Bonchev–Trinajstić information content (AvgIpc) is 2.56. The molecule has 0 aliphatic carbocycles. The number of likely N-dealkylation sites (tertiary alicyclic amines) is 1. The Bertz CT molecular complexity index is 699. The van der Waals surface area contributed by atoms with Crippen molar-refractivity contribution >= 4 is 5.78 Å². The number of aryl methyl sites for hydroxylation is 2. The van der Waals surface area contributed by atoms with Crippen LogP contribution >= 0.6 is 0 Å². The monoisotopic (exact) mass is 307 g/mol. The molecule has 2 aromatic carbocycles.